The highest BCUT2D eigenvalue weighted by Crippen LogP contribution is 2.33. The normalized spacial score (nSPS) is 18.2. The van der Waals surface area contributed by atoms with Crippen molar-refractivity contribution in [2.75, 3.05) is 13.2 Å². The van der Waals surface area contributed by atoms with Crippen LogP contribution in [0.5, 0.6) is 5.75 Å². The van der Waals surface area contributed by atoms with Crippen molar-refractivity contribution in [3.05, 3.63) is 64.7 Å². The Balaban J connectivity index is 1.42. The van der Waals surface area contributed by atoms with Gasteiger partial charge in [0.05, 0.1) is 13.2 Å². The van der Waals surface area contributed by atoms with Gasteiger partial charge in [-0.3, -0.25) is 19.7 Å². The maximum Gasteiger partial charge on any atom is 0.255 e. The van der Waals surface area contributed by atoms with E-state index in [1.807, 2.05) is 30.3 Å². The van der Waals surface area contributed by atoms with E-state index in [9.17, 15) is 14.4 Å². The molecule has 4 rings (SSSR count). The lowest BCUT2D eigenvalue weighted by atomic mass is 10.0. The third-order valence-electron chi connectivity index (χ3n) is 5.57. The van der Waals surface area contributed by atoms with Crippen LogP contribution < -0.4 is 15.4 Å². The second kappa shape index (κ2) is 9.28. The van der Waals surface area contributed by atoms with Crippen LogP contribution in [-0.4, -0.2) is 46.9 Å². The Hall–Kier alpha value is -3.23. The summed E-state index contributed by atoms with van der Waals surface area (Å²) >= 11 is 0. The number of aliphatic hydroxyl groups is 1. The number of amides is 3. The molecular formula is C23H25N3O5. The molecule has 0 radical (unpaired) electrons. The van der Waals surface area contributed by atoms with Crippen molar-refractivity contribution in [2.24, 2.45) is 0 Å². The van der Waals surface area contributed by atoms with Crippen molar-refractivity contribution in [1.29, 1.82) is 0 Å². The van der Waals surface area contributed by atoms with Gasteiger partial charge in [-0.05, 0) is 29.7 Å². The number of imide groups is 1. The SMILES string of the molecule is O=C1CCC(N2Cc3c(OCc4ccc(CNCCO)cc4)cccc3C2=O)C(=O)N1. The fourth-order valence-corrected chi connectivity index (χ4v) is 3.92. The van der Waals surface area contributed by atoms with Crippen LogP contribution in [0.15, 0.2) is 42.5 Å². The summed E-state index contributed by atoms with van der Waals surface area (Å²) in [6, 6.07) is 12.7. The molecule has 8 nitrogen and oxygen atoms in total. The Morgan fingerprint density at radius 2 is 1.87 bits per heavy atom. The van der Waals surface area contributed by atoms with Gasteiger partial charge >= 0.3 is 0 Å². The molecule has 0 saturated carbocycles. The minimum atomic E-state index is -0.641. The van der Waals surface area contributed by atoms with Crippen LogP contribution in [0.4, 0.5) is 0 Å². The first kappa shape index (κ1) is 21.0. The lowest BCUT2D eigenvalue weighted by Gasteiger charge is -2.29. The molecule has 2 aromatic carbocycles. The first-order valence-electron chi connectivity index (χ1n) is 10.4. The van der Waals surface area contributed by atoms with Crippen LogP contribution in [0.25, 0.3) is 0 Å². The number of hydrogen-bond acceptors (Lipinski definition) is 6. The molecule has 2 aliphatic heterocycles. The highest BCUT2D eigenvalue weighted by molar-refractivity contribution is 6.05. The molecule has 2 aromatic rings. The molecule has 2 heterocycles. The van der Waals surface area contributed by atoms with Gasteiger partial charge in [-0.15, -0.1) is 0 Å². The van der Waals surface area contributed by atoms with Crippen molar-refractivity contribution in [3.8, 4) is 5.75 Å². The summed E-state index contributed by atoms with van der Waals surface area (Å²) in [5, 5.41) is 14.3. The first-order chi connectivity index (χ1) is 15.1. The largest absolute Gasteiger partial charge is 0.489 e. The Morgan fingerprint density at radius 1 is 1.10 bits per heavy atom. The van der Waals surface area contributed by atoms with Crippen LogP contribution in [0.3, 0.4) is 0 Å². The summed E-state index contributed by atoms with van der Waals surface area (Å²) in [7, 11) is 0. The highest BCUT2D eigenvalue weighted by Gasteiger charge is 2.40. The molecular weight excluding hydrogens is 398 g/mol. The van der Waals surface area contributed by atoms with E-state index < -0.39 is 11.9 Å². The second-order valence-electron chi connectivity index (χ2n) is 7.69. The zero-order valence-corrected chi connectivity index (χ0v) is 17.1. The third-order valence-corrected chi connectivity index (χ3v) is 5.57. The molecule has 162 valence electrons. The zero-order valence-electron chi connectivity index (χ0n) is 17.1. The zero-order chi connectivity index (χ0) is 21.8. The topological polar surface area (TPSA) is 108 Å². The molecule has 0 aliphatic carbocycles. The van der Waals surface area contributed by atoms with E-state index in [1.54, 1.807) is 12.1 Å². The van der Waals surface area contributed by atoms with Crippen molar-refractivity contribution < 1.29 is 24.2 Å². The van der Waals surface area contributed by atoms with Gasteiger partial charge in [0.2, 0.25) is 11.8 Å². The summed E-state index contributed by atoms with van der Waals surface area (Å²) < 4.78 is 6.02. The molecule has 1 atom stereocenters. The van der Waals surface area contributed by atoms with E-state index in [0.29, 0.717) is 37.4 Å². The Kier molecular flexibility index (Phi) is 6.29. The average Bonchev–Trinajstić information content (AvgIpc) is 3.10. The molecule has 8 heteroatoms. The van der Waals surface area contributed by atoms with E-state index >= 15 is 0 Å². The smallest absolute Gasteiger partial charge is 0.255 e. The van der Waals surface area contributed by atoms with Gasteiger partial charge in [-0.1, -0.05) is 30.3 Å². The molecule has 1 saturated heterocycles. The molecule has 0 aromatic heterocycles. The number of ether oxygens (including phenoxy) is 1. The van der Waals surface area contributed by atoms with Crippen LogP contribution in [0.2, 0.25) is 0 Å². The number of aliphatic hydroxyl groups excluding tert-OH is 1. The predicted molar refractivity (Wildman–Crippen MR) is 112 cm³/mol. The summed E-state index contributed by atoms with van der Waals surface area (Å²) in [6.45, 7) is 1.99. The molecule has 31 heavy (non-hydrogen) atoms. The Morgan fingerprint density at radius 3 is 2.61 bits per heavy atom. The lowest BCUT2D eigenvalue weighted by Crippen LogP contribution is -2.52. The minimum absolute atomic E-state index is 0.108. The molecule has 1 unspecified atom stereocenters. The lowest BCUT2D eigenvalue weighted by molar-refractivity contribution is -0.136. The molecule has 3 N–H and O–H groups in total. The van der Waals surface area contributed by atoms with Gasteiger partial charge in [0.15, 0.2) is 0 Å². The van der Waals surface area contributed by atoms with Gasteiger partial charge in [-0.25, -0.2) is 0 Å². The molecule has 3 amide bonds. The number of fused-ring (bicyclic) bond motifs is 1. The number of hydrogen-bond donors (Lipinski definition) is 3. The Bertz CT molecular complexity index is 989. The van der Waals surface area contributed by atoms with Crippen molar-refractivity contribution in [3.63, 3.8) is 0 Å². The van der Waals surface area contributed by atoms with Gasteiger partial charge in [-0.2, -0.15) is 0 Å². The number of nitrogens with one attached hydrogen (secondary N) is 2. The predicted octanol–water partition coefficient (Wildman–Crippen LogP) is 1.11. The summed E-state index contributed by atoms with van der Waals surface area (Å²) in [6.07, 6.45) is 0.561. The number of rotatable bonds is 8. The van der Waals surface area contributed by atoms with Gasteiger partial charge in [0, 0.05) is 30.6 Å². The summed E-state index contributed by atoms with van der Waals surface area (Å²) in [5.74, 6) is -0.318. The van der Waals surface area contributed by atoms with E-state index in [-0.39, 0.29) is 31.4 Å². The van der Waals surface area contributed by atoms with E-state index in [1.165, 1.54) is 4.90 Å². The number of carbonyl (C=O) groups excluding carboxylic acids is 3. The van der Waals surface area contributed by atoms with E-state index in [4.69, 9.17) is 9.84 Å². The number of piperidine rings is 1. The highest BCUT2D eigenvalue weighted by atomic mass is 16.5. The average molecular weight is 423 g/mol. The first-order valence-corrected chi connectivity index (χ1v) is 10.4. The summed E-state index contributed by atoms with van der Waals surface area (Å²) in [5.41, 5.74) is 3.41. The second-order valence-corrected chi connectivity index (χ2v) is 7.69. The number of benzene rings is 2. The van der Waals surface area contributed by atoms with E-state index in [2.05, 4.69) is 10.6 Å². The fourth-order valence-electron chi connectivity index (χ4n) is 3.92. The van der Waals surface area contributed by atoms with Gasteiger partial charge in [0.1, 0.15) is 18.4 Å². The maximum atomic E-state index is 12.9. The van der Waals surface area contributed by atoms with Gasteiger partial charge < -0.3 is 20.1 Å². The van der Waals surface area contributed by atoms with Crippen LogP contribution >= 0.6 is 0 Å². The van der Waals surface area contributed by atoms with Crippen molar-refractivity contribution >= 4 is 17.7 Å². The van der Waals surface area contributed by atoms with Crippen LogP contribution in [-0.2, 0) is 29.3 Å². The minimum Gasteiger partial charge on any atom is -0.489 e. The quantitative estimate of drug-likeness (QED) is 0.434. The van der Waals surface area contributed by atoms with Crippen LogP contribution in [0.1, 0.15) is 39.9 Å². The molecule has 0 bridgehead atoms. The number of carbonyl (C=O) groups is 3. The monoisotopic (exact) mass is 423 g/mol. The standard InChI is InChI=1S/C23H25N3O5/c27-11-10-24-12-15-4-6-16(7-5-15)14-31-20-3-1-2-17-18(20)13-26(23(17)30)19-8-9-21(28)25-22(19)29/h1-7,19,24,27H,8-14H2,(H,25,28,29). The maximum absolute atomic E-state index is 12.9. The van der Waals surface area contributed by atoms with Crippen molar-refractivity contribution in [2.45, 2.75) is 38.6 Å². The van der Waals surface area contributed by atoms with Gasteiger partial charge in [0.25, 0.3) is 5.91 Å². The summed E-state index contributed by atoms with van der Waals surface area (Å²) in [4.78, 5) is 38.0. The molecule has 1 fully saturated rings. The van der Waals surface area contributed by atoms with E-state index in [0.717, 1.165) is 16.7 Å². The Labute approximate surface area is 180 Å². The number of nitrogens with zero attached hydrogens (tertiary/aromatic N) is 1. The van der Waals surface area contributed by atoms with Crippen molar-refractivity contribution in [1.82, 2.24) is 15.5 Å². The molecule has 0 spiro atoms. The fraction of sp³-hybridized carbons (Fsp3) is 0.348. The van der Waals surface area contributed by atoms with Crippen LogP contribution in [0, 0.1) is 0 Å². The molecule has 2 aliphatic rings. The third kappa shape index (κ3) is 4.60.